The van der Waals surface area contributed by atoms with E-state index >= 15 is 0 Å². The number of hydrogen-bond acceptors (Lipinski definition) is 4. The molecule has 2 atom stereocenters. The Labute approximate surface area is 122 Å². The summed E-state index contributed by atoms with van der Waals surface area (Å²) in [5.41, 5.74) is 0. The first-order valence-corrected chi connectivity index (χ1v) is 8.07. The molecule has 0 aliphatic heterocycles. The molecule has 1 aliphatic carbocycles. The highest BCUT2D eigenvalue weighted by Gasteiger charge is 2.18. The maximum Gasteiger partial charge on any atom is 0.146 e. The van der Waals surface area contributed by atoms with Crippen molar-refractivity contribution in [3.63, 3.8) is 0 Å². The second kappa shape index (κ2) is 8.08. The highest BCUT2D eigenvalue weighted by atomic mass is 15.1. The summed E-state index contributed by atoms with van der Waals surface area (Å²) in [6, 6.07) is 0. The summed E-state index contributed by atoms with van der Waals surface area (Å²) >= 11 is 0. The summed E-state index contributed by atoms with van der Waals surface area (Å²) in [7, 11) is 0. The van der Waals surface area contributed by atoms with Crippen molar-refractivity contribution in [1.29, 1.82) is 0 Å². The molecular formula is C16H28N4. The molecule has 1 fully saturated rings. The minimum absolute atomic E-state index is 0.864. The second-order valence-electron chi connectivity index (χ2n) is 6.07. The van der Waals surface area contributed by atoms with E-state index in [1.807, 2.05) is 0 Å². The second-order valence-corrected chi connectivity index (χ2v) is 6.07. The Morgan fingerprint density at radius 3 is 2.60 bits per heavy atom. The third-order valence-electron chi connectivity index (χ3n) is 4.09. The molecule has 0 bridgehead atoms. The zero-order chi connectivity index (χ0) is 14.2. The van der Waals surface area contributed by atoms with Crippen molar-refractivity contribution in [2.24, 2.45) is 11.8 Å². The molecule has 1 aromatic rings. The molecule has 2 unspecified atom stereocenters. The molecule has 1 saturated carbocycles. The smallest absolute Gasteiger partial charge is 0.146 e. The van der Waals surface area contributed by atoms with Crippen molar-refractivity contribution in [3.8, 4) is 0 Å². The fraction of sp³-hybridized carbons (Fsp3) is 0.750. The van der Waals surface area contributed by atoms with E-state index in [9.17, 15) is 0 Å². The normalized spacial score (nSPS) is 22.5. The number of aromatic nitrogens is 2. The highest BCUT2D eigenvalue weighted by molar-refractivity contribution is 5.41. The van der Waals surface area contributed by atoms with Crippen LogP contribution in [0.5, 0.6) is 0 Å². The van der Waals surface area contributed by atoms with Crippen LogP contribution < -0.4 is 10.6 Å². The summed E-state index contributed by atoms with van der Waals surface area (Å²) in [4.78, 5) is 8.75. The van der Waals surface area contributed by atoms with Crippen molar-refractivity contribution in [3.05, 3.63) is 12.4 Å². The summed E-state index contributed by atoms with van der Waals surface area (Å²) in [6.45, 7) is 6.48. The van der Waals surface area contributed by atoms with Crippen molar-refractivity contribution in [2.45, 2.75) is 52.4 Å². The van der Waals surface area contributed by atoms with Crippen LogP contribution in [0.4, 0.5) is 11.6 Å². The quantitative estimate of drug-likeness (QED) is 0.792. The molecule has 2 rings (SSSR count). The third-order valence-corrected chi connectivity index (χ3v) is 4.09. The molecule has 0 saturated heterocycles. The lowest BCUT2D eigenvalue weighted by Crippen LogP contribution is -2.17. The molecular weight excluding hydrogens is 248 g/mol. The molecule has 0 aromatic carbocycles. The van der Waals surface area contributed by atoms with Crippen LogP contribution in [-0.2, 0) is 0 Å². The fourth-order valence-corrected chi connectivity index (χ4v) is 3.02. The maximum absolute atomic E-state index is 4.52. The molecule has 0 radical (unpaired) electrons. The van der Waals surface area contributed by atoms with Gasteiger partial charge in [0, 0.05) is 13.1 Å². The zero-order valence-corrected chi connectivity index (χ0v) is 12.9. The van der Waals surface area contributed by atoms with Crippen molar-refractivity contribution in [2.75, 3.05) is 23.7 Å². The third kappa shape index (κ3) is 4.99. The SMILES string of the molecule is CCCNc1cncc(NCCC2CCCC(C)C2)n1. The predicted molar refractivity (Wildman–Crippen MR) is 85.0 cm³/mol. The lowest BCUT2D eigenvalue weighted by molar-refractivity contribution is 0.274. The van der Waals surface area contributed by atoms with Crippen LogP contribution in [0.2, 0.25) is 0 Å². The van der Waals surface area contributed by atoms with Crippen LogP contribution in [-0.4, -0.2) is 23.1 Å². The predicted octanol–water partition coefficient (Wildman–Crippen LogP) is 3.93. The van der Waals surface area contributed by atoms with Crippen LogP contribution in [0, 0.1) is 11.8 Å². The van der Waals surface area contributed by atoms with E-state index in [-0.39, 0.29) is 0 Å². The Kier molecular flexibility index (Phi) is 6.09. The van der Waals surface area contributed by atoms with Crippen molar-refractivity contribution < 1.29 is 0 Å². The number of anilines is 2. The van der Waals surface area contributed by atoms with E-state index in [0.29, 0.717) is 0 Å². The van der Waals surface area contributed by atoms with Gasteiger partial charge in [0.25, 0.3) is 0 Å². The van der Waals surface area contributed by atoms with E-state index in [4.69, 9.17) is 0 Å². The highest BCUT2D eigenvalue weighted by Crippen LogP contribution is 2.30. The van der Waals surface area contributed by atoms with E-state index in [2.05, 4.69) is 34.4 Å². The standard InChI is InChI=1S/C16H28N4/c1-3-8-18-15-11-17-12-16(20-15)19-9-7-14-6-4-5-13(2)10-14/h11-14H,3-10H2,1-2H3,(H2,18,19,20). The molecule has 2 N–H and O–H groups in total. The molecule has 1 heterocycles. The minimum atomic E-state index is 0.864. The molecule has 0 amide bonds. The summed E-state index contributed by atoms with van der Waals surface area (Å²) < 4.78 is 0. The number of nitrogens with one attached hydrogen (secondary N) is 2. The van der Waals surface area contributed by atoms with Crippen LogP contribution in [0.15, 0.2) is 12.4 Å². The molecule has 0 spiro atoms. The average Bonchev–Trinajstić information content (AvgIpc) is 2.46. The molecule has 4 nitrogen and oxygen atoms in total. The van der Waals surface area contributed by atoms with E-state index in [0.717, 1.165) is 43.0 Å². The summed E-state index contributed by atoms with van der Waals surface area (Å²) in [5.74, 6) is 3.55. The lowest BCUT2D eigenvalue weighted by atomic mass is 9.81. The Morgan fingerprint density at radius 2 is 1.90 bits per heavy atom. The number of hydrogen-bond donors (Lipinski definition) is 2. The van der Waals surface area contributed by atoms with Gasteiger partial charge in [-0.05, 0) is 31.1 Å². The van der Waals surface area contributed by atoms with Gasteiger partial charge in [-0.2, -0.15) is 0 Å². The van der Waals surface area contributed by atoms with Gasteiger partial charge in [0.05, 0.1) is 12.4 Å². The average molecular weight is 276 g/mol. The van der Waals surface area contributed by atoms with Gasteiger partial charge in [0.15, 0.2) is 0 Å². The van der Waals surface area contributed by atoms with Gasteiger partial charge in [-0.15, -0.1) is 0 Å². The van der Waals surface area contributed by atoms with Gasteiger partial charge in [-0.3, -0.25) is 4.98 Å². The van der Waals surface area contributed by atoms with Crippen LogP contribution >= 0.6 is 0 Å². The first kappa shape index (κ1) is 15.1. The number of rotatable bonds is 7. The maximum atomic E-state index is 4.52. The lowest BCUT2D eigenvalue weighted by Gasteiger charge is -2.26. The molecule has 1 aliphatic rings. The fourth-order valence-electron chi connectivity index (χ4n) is 3.02. The summed E-state index contributed by atoms with van der Waals surface area (Å²) in [6.07, 6.45) is 11.5. The Morgan fingerprint density at radius 1 is 1.15 bits per heavy atom. The van der Waals surface area contributed by atoms with Crippen LogP contribution in [0.25, 0.3) is 0 Å². The van der Waals surface area contributed by atoms with Gasteiger partial charge in [0.2, 0.25) is 0 Å². The Balaban J connectivity index is 1.73. The van der Waals surface area contributed by atoms with Gasteiger partial charge >= 0.3 is 0 Å². The molecule has 112 valence electrons. The molecule has 20 heavy (non-hydrogen) atoms. The first-order chi connectivity index (χ1) is 9.78. The number of nitrogens with zero attached hydrogens (tertiary/aromatic N) is 2. The minimum Gasteiger partial charge on any atom is -0.369 e. The Bertz CT molecular complexity index is 394. The van der Waals surface area contributed by atoms with Gasteiger partial charge in [-0.1, -0.05) is 33.1 Å². The molecule has 1 aromatic heterocycles. The van der Waals surface area contributed by atoms with Gasteiger partial charge < -0.3 is 10.6 Å². The largest absolute Gasteiger partial charge is 0.369 e. The Hall–Kier alpha value is -1.32. The van der Waals surface area contributed by atoms with E-state index in [1.165, 1.54) is 32.1 Å². The van der Waals surface area contributed by atoms with Gasteiger partial charge in [-0.25, -0.2) is 4.98 Å². The van der Waals surface area contributed by atoms with Gasteiger partial charge in [0.1, 0.15) is 11.6 Å². The van der Waals surface area contributed by atoms with Crippen LogP contribution in [0.1, 0.15) is 52.4 Å². The zero-order valence-electron chi connectivity index (χ0n) is 12.9. The van der Waals surface area contributed by atoms with E-state index < -0.39 is 0 Å². The first-order valence-electron chi connectivity index (χ1n) is 8.07. The monoisotopic (exact) mass is 276 g/mol. The van der Waals surface area contributed by atoms with Crippen molar-refractivity contribution >= 4 is 11.6 Å². The van der Waals surface area contributed by atoms with Crippen LogP contribution in [0.3, 0.4) is 0 Å². The van der Waals surface area contributed by atoms with Crippen molar-refractivity contribution in [1.82, 2.24) is 9.97 Å². The molecule has 4 heteroatoms. The van der Waals surface area contributed by atoms with E-state index in [1.54, 1.807) is 12.4 Å². The topological polar surface area (TPSA) is 49.8 Å². The summed E-state index contributed by atoms with van der Waals surface area (Å²) in [5, 5.41) is 6.68.